The lowest BCUT2D eigenvalue weighted by Gasteiger charge is -2.19. The second kappa shape index (κ2) is 7.00. The Morgan fingerprint density at radius 2 is 2.00 bits per heavy atom. The summed E-state index contributed by atoms with van der Waals surface area (Å²) >= 11 is 3.30. The minimum atomic E-state index is -0.169. The summed E-state index contributed by atoms with van der Waals surface area (Å²) in [5, 5.41) is 3.37. The normalized spacial score (nSPS) is 12.4. The second-order valence-corrected chi connectivity index (χ2v) is 5.88. The van der Waals surface area contributed by atoms with Gasteiger partial charge in [0.25, 0.3) is 0 Å². The molecule has 2 rings (SSSR count). The molecule has 0 aliphatic heterocycles. The molecule has 1 N–H and O–H groups in total. The van der Waals surface area contributed by atoms with Crippen LogP contribution in [0.25, 0.3) is 0 Å². The highest BCUT2D eigenvalue weighted by molar-refractivity contribution is 9.10. The Hall–Kier alpha value is -1.19. The predicted octanol–water partition coefficient (Wildman–Crippen LogP) is 4.79. The molecule has 0 saturated heterocycles. The minimum Gasteiger partial charge on any atom is -0.310 e. The Kier molecular flexibility index (Phi) is 5.32. The van der Waals surface area contributed by atoms with Crippen molar-refractivity contribution in [2.24, 2.45) is 0 Å². The van der Waals surface area contributed by atoms with Crippen LogP contribution < -0.4 is 5.32 Å². The van der Waals surface area contributed by atoms with Gasteiger partial charge in [-0.15, -0.1) is 0 Å². The van der Waals surface area contributed by atoms with Crippen molar-refractivity contribution in [1.82, 2.24) is 5.32 Å². The highest BCUT2D eigenvalue weighted by atomic mass is 79.9. The van der Waals surface area contributed by atoms with Crippen LogP contribution in [0, 0.1) is 12.7 Å². The van der Waals surface area contributed by atoms with Gasteiger partial charge in [-0.2, -0.15) is 0 Å². The number of benzene rings is 2. The second-order valence-electron chi connectivity index (χ2n) is 4.97. The molecule has 0 aliphatic rings. The summed E-state index contributed by atoms with van der Waals surface area (Å²) in [4.78, 5) is 0. The summed E-state index contributed by atoms with van der Waals surface area (Å²) in [5.41, 5.74) is 3.17. The number of nitrogens with one attached hydrogen (secondary N) is 1. The van der Waals surface area contributed by atoms with Crippen LogP contribution in [0.4, 0.5) is 4.39 Å². The van der Waals surface area contributed by atoms with E-state index in [0.29, 0.717) is 0 Å². The zero-order valence-electron chi connectivity index (χ0n) is 11.8. The van der Waals surface area contributed by atoms with Gasteiger partial charge in [0, 0.05) is 16.1 Å². The highest BCUT2D eigenvalue weighted by Gasteiger charge is 2.15. The van der Waals surface area contributed by atoms with E-state index in [1.807, 2.05) is 25.1 Å². The van der Waals surface area contributed by atoms with Crippen LogP contribution in [0.2, 0.25) is 0 Å². The fourth-order valence-electron chi connectivity index (χ4n) is 2.40. The van der Waals surface area contributed by atoms with Crippen molar-refractivity contribution < 1.29 is 4.39 Å². The van der Waals surface area contributed by atoms with E-state index < -0.39 is 0 Å². The van der Waals surface area contributed by atoms with Crippen LogP contribution in [0.5, 0.6) is 0 Å². The quantitative estimate of drug-likeness (QED) is 0.828. The Morgan fingerprint density at radius 3 is 2.65 bits per heavy atom. The maximum absolute atomic E-state index is 14.1. The highest BCUT2D eigenvalue weighted by Crippen LogP contribution is 2.24. The molecule has 3 heteroatoms. The molecule has 2 aromatic rings. The molecule has 0 fully saturated rings. The van der Waals surface area contributed by atoms with Crippen LogP contribution in [0.3, 0.4) is 0 Å². The molecule has 0 aliphatic carbocycles. The summed E-state index contributed by atoms with van der Waals surface area (Å²) in [6.07, 6.45) is 0.786. The Labute approximate surface area is 128 Å². The fourth-order valence-corrected chi connectivity index (χ4v) is 2.73. The Balaban J connectivity index is 2.26. The van der Waals surface area contributed by atoms with E-state index in [1.54, 1.807) is 0 Å². The van der Waals surface area contributed by atoms with Crippen molar-refractivity contribution in [3.8, 4) is 0 Å². The third-order valence-corrected chi connectivity index (χ3v) is 3.80. The van der Waals surface area contributed by atoms with Crippen LogP contribution in [0.15, 0.2) is 46.9 Å². The zero-order chi connectivity index (χ0) is 14.5. The molecule has 0 amide bonds. The number of hydrogen-bond acceptors (Lipinski definition) is 1. The first kappa shape index (κ1) is 15.2. The van der Waals surface area contributed by atoms with Crippen molar-refractivity contribution in [3.05, 3.63) is 69.4 Å². The number of hydrogen-bond donors (Lipinski definition) is 1. The van der Waals surface area contributed by atoms with Gasteiger partial charge in [-0.1, -0.05) is 58.7 Å². The SMILES string of the molecule is CCNC(Cc1cccc(C)c1)c1ccc(Br)cc1F. The average Bonchev–Trinajstić information content (AvgIpc) is 2.38. The van der Waals surface area contributed by atoms with Crippen molar-refractivity contribution >= 4 is 15.9 Å². The largest absolute Gasteiger partial charge is 0.310 e. The number of halogens is 2. The van der Waals surface area contributed by atoms with E-state index in [4.69, 9.17) is 0 Å². The topological polar surface area (TPSA) is 12.0 Å². The molecule has 0 bridgehead atoms. The molecule has 20 heavy (non-hydrogen) atoms. The maximum Gasteiger partial charge on any atom is 0.129 e. The van der Waals surface area contributed by atoms with E-state index in [1.165, 1.54) is 17.2 Å². The molecule has 2 aromatic carbocycles. The molecule has 0 aromatic heterocycles. The van der Waals surface area contributed by atoms with Crippen LogP contribution in [0.1, 0.15) is 29.7 Å². The number of rotatable bonds is 5. The molecular weight excluding hydrogens is 317 g/mol. The van der Waals surface area contributed by atoms with Crippen LogP contribution >= 0.6 is 15.9 Å². The van der Waals surface area contributed by atoms with Crippen molar-refractivity contribution in [2.75, 3.05) is 6.54 Å². The van der Waals surface area contributed by atoms with E-state index in [0.717, 1.165) is 23.0 Å². The third-order valence-electron chi connectivity index (χ3n) is 3.31. The molecule has 0 saturated carbocycles. The van der Waals surface area contributed by atoms with Gasteiger partial charge in [0.1, 0.15) is 5.82 Å². The molecule has 1 unspecified atom stereocenters. The van der Waals surface area contributed by atoms with Crippen LogP contribution in [-0.2, 0) is 6.42 Å². The zero-order valence-corrected chi connectivity index (χ0v) is 13.4. The van der Waals surface area contributed by atoms with Gasteiger partial charge in [0.2, 0.25) is 0 Å². The lowest BCUT2D eigenvalue weighted by Crippen LogP contribution is -2.24. The summed E-state index contributed by atoms with van der Waals surface area (Å²) < 4.78 is 14.9. The van der Waals surface area contributed by atoms with Gasteiger partial charge in [-0.3, -0.25) is 0 Å². The number of aryl methyl sites for hydroxylation is 1. The molecule has 0 spiro atoms. The van der Waals surface area contributed by atoms with Gasteiger partial charge in [0.05, 0.1) is 0 Å². The van der Waals surface area contributed by atoms with Gasteiger partial charge in [-0.05, 0) is 37.6 Å². The van der Waals surface area contributed by atoms with Crippen molar-refractivity contribution in [3.63, 3.8) is 0 Å². The Morgan fingerprint density at radius 1 is 1.20 bits per heavy atom. The number of likely N-dealkylation sites (N-methyl/N-ethyl adjacent to an activating group) is 1. The predicted molar refractivity (Wildman–Crippen MR) is 85.4 cm³/mol. The van der Waals surface area contributed by atoms with E-state index in [2.05, 4.69) is 46.4 Å². The van der Waals surface area contributed by atoms with Gasteiger partial charge in [-0.25, -0.2) is 4.39 Å². The molecule has 1 nitrogen and oxygen atoms in total. The Bertz CT molecular complexity index is 583. The van der Waals surface area contributed by atoms with Crippen molar-refractivity contribution in [1.29, 1.82) is 0 Å². The molecule has 106 valence electrons. The summed E-state index contributed by atoms with van der Waals surface area (Å²) in [6.45, 7) is 4.93. The fraction of sp³-hybridized carbons (Fsp3) is 0.294. The first-order chi connectivity index (χ1) is 9.60. The first-order valence-corrected chi connectivity index (χ1v) is 7.63. The maximum atomic E-state index is 14.1. The smallest absolute Gasteiger partial charge is 0.129 e. The third kappa shape index (κ3) is 3.90. The molecule has 0 heterocycles. The van der Waals surface area contributed by atoms with Gasteiger partial charge >= 0.3 is 0 Å². The van der Waals surface area contributed by atoms with E-state index in [9.17, 15) is 4.39 Å². The van der Waals surface area contributed by atoms with Crippen molar-refractivity contribution in [2.45, 2.75) is 26.3 Å². The van der Waals surface area contributed by atoms with Crippen LogP contribution in [-0.4, -0.2) is 6.54 Å². The lowest BCUT2D eigenvalue weighted by molar-refractivity contribution is 0.509. The summed E-state index contributed by atoms with van der Waals surface area (Å²) in [7, 11) is 0. The average molecular weight is 336 g/mol. The molecule has 0 radical (unpaired) electrons. The molecular formula is C17H19BrFN. The monoisotopic (exact) mass is 335 g/mol. The first-order valence-electron chi connectivity index (χ1n) is 6.84. The minimum absolute atomic E-state index is 0.00472. The van der Waals surface area contributed by atoms with Gasteiger partial charge in [0.15, 0.2) is 0 Å². The lowest BCUT2D eigenvalue weighted by atomic mass is 9.97. The summed E-state index contributed by atoms with van der Waals surface area (Å²) in [6, 6.07) is 13.6. The van der Waals surface area contributed by atoms with Gasteiger partial charge < -0.3 is 5.32 Å². The van der Waals surface area contributed by atoms with E-state index >= 15 is 0 Å². The standard InChI is InChI=1S/C17H19BrFN/c1-3-20-17(10-13-6-4-5-12(2)9-13)15-8-7-14(18)11-16(15)19/h4-9,11,17,20H,3,10H2,1-2H3. The summed E-state index contributed by atoms with van der Waals surface area (Å²) in [5.74, 6) is -0.169. The van der Waals surface area contributed by atoms with E-state index in [-0.39, 0.29) is 11.9 Å². The molecule has 1 atom stereocenters.